The molecule has 0 aliphatic rings. The van der Waals surface area contributed by atoms with E-state index in [4.69, 9.17) is 4.74 Å². The molecular formula is C18H18F3NO2. The fraction of sp³-hybridized carbons (Fsp3) is 0.278. The van der Waals surface area contributed by atoms with Crippen LogP contribution in [0, 0.1) is 6.92 Å². The minimum atomic E-state index is -4.47. The normalized spacial score (nSPS) is 11.2. The van der Waals surface area contributed by atoms with Crippen LogP contribution in [-0.4, -0.2) is 31.0 Å². The number of alkyl halides is 3. The third-order valence-electron chi connectivity index (χ3n) is 3.56. The molecule has 128 valence electrons. The summed E-state index contributed by atoms with van der Waals surface area (Å²) in [6, 6.07) is 11.9. The first-order chi connectivity index (χ1) is 11.3. The number of carbonyl (C=O) groups is 1. The molecule has 0 saturated heterocycles. The Morgan fingerprint density at radius 1 is 1.12 bits per heavy atom. The van der Waals surface area contributed by atoms with E-state index in [0.717, 1.165) is 23.4 Å². The Labute approximate surface area is 138 Å². The van der Waals surface area contributed by atoms with Gasteiger partial charge in [0.15, 0.2) is 0 Å². The molecule has 0 aliphatic heterocycles. The number of hydrogen-bond acceptors (Lipinski definition) is 2. The molecule has 3 nitrogen and oxygen atoms in total. The highest BCUT2D eigenvalue weighted by Gasteiger charge is 2.31. The molecule has 0 heterocycles. The number of rotatable bonds is 5. The lowest BCUT2D eigenvalue weighted by Gasteiger charge is -2.18. The number of para-hydroxylation sites is 1. The maximum Gasteiger partial charge on any atom is 0.416 e. The van der Waals surface area contributed by atoms with Crippen molar-refractivity contribution in [1.82, 2.24) is 4.90 Å². The van der Waals surface area contributed by atoms with Crippen LogP contribution in [0.4, 0.5) is 13.2 Å². The monoisotopic (exact) mass is 337 g/mol. The maximum absolute atomic E-state index is 12.7. The zero-order valence-corrected chi connectivity index (χ0v) is 13.4. The summed E-state index contributed by atoms with van der Waals surface area (Å²) in [4.78, 5) is 13.6. The molecule has 0 N–H and O–H groups in total. The van der Waals surface area contributed by atoms with Crippen LogP contribution in [0.2, 0.25) is 0 Å². The quantitative estimate of drug-likeness (QED) is 0.820. The molecule has 24 heavy (non-hydrogen) atoms. The molecule has 0 aliphatic carbocycles. The van der Waals surface area contributed by atoms with Gasteiger partial charge in [-0.15, -0.1) is 0 Å². The maximum atomic E-state index is 12.7. The van der Waals surface area contributed by atoms with Gasteiger partial charge in [0.25, 0.3) is 5.91 Å². The Balaban J connectivity index is 1.96. The van der Waals surface area contributed by atoms with Crippen LogP contribution in [0.5, 0.6) is 5.75 Å². The first-order valence-corrected chi connectivity index (χ1v) is 7.40. The van der Waals surface area contributed by atoms with E-state index in [-0.39, 0.29) is 18.7 Å². The number of benzene rings is 2. The van der Waals surface area contributed by atoms with Gasteiger partial charge in [-0.3, -0.25) is 4.79 Å². The van der Waals surface area contributed by atoms with Crippen molar-refractivity contribution in [3.8, 4) is 5.75 Å². The lowest BCUT2D eigenvalue weighted by atomic mass is 10.1. The largest absolute Gasteiger partial charge is 0.491 e. The molecule has 2 rings (SSSR count). The molecule has 2 aromatic rings. The number of hydrogen-bond donors (Lipinski definition) is 0. The van der Waals surface area contributed by atoms with Crippen molar-refractivity contribution in [1.29, 1.82) is 0 Å². The zero-order chi connectivity index (χ0) is 17.7. The molecule has 0 radical (unpaired) electrons. The van der Waals surface area contributed by atoms with Gasteiger partial charge < -0.3 is 9.64 Å². The standard InChI is InChI=1S/C18H18F3NO2/c1-13-6-3-4-9-16(13)24-11-10-22(2)17(23)14-7-5-8-15(12-14)18(19,20)21/h3-9,12H,10-11H2,1-2H3. The second-order valence-corrected chi connectivity index (χ2v) is 5.42. The van der Waals surface area contributed by atoms with Crippen LogP contribution in [0.1, 0.15) is 21.5 Å². The van der Waals surface area contributed by atoms with Gasteiger partial charge in [0, 0.05) is 12.6 Å². The van der Waals surface area contributed by atoms with Gasteiger partial charge in [0.1, 0.15) is 12.4 Å². The van der Waals surface area contributed by atoms with Gasteiger partial charge >= 0.3 is 6.18 Å². The average molecular weight is 337 g/mol. The predicted molar refractivity (Wildman–Crippen MR) is 85.1 cm³/mol. The van der Waals surface area contributed by atoms with Crippen LogP contribution in [0.25, 0.3) is 0 Å². The van der Waals surface area contributed by atoms with E-state index in [1.807, 2.05) is 31.2 Å². The van der Waals surface area contributed by atoms with Gasteiger partial charge in [0.05, 0.1) is 12.1 Å². The first-order valence-electron chi connectivity index (χ1n) is 7.40. The topological polar surface area (TPSA) is 29.5 Å². The summed E-state index contributed by atoms with van der Waals surface area (Å²) < 4.78 is 43.7. The molecule has 0 saturated carbocycles. The van der Waals surface area contributed by atoms with E-state index >= 15 is 0 Å². The first kappa shape index (κ1) is 17.8. The van der Waals surface area contributed by atoms with E-state index in [2.05, 4.69) is 0 Å². The molecule has 0 unspecified atom stereocenters. The van der Waals surface area contributed by atoms with Gasteiger partial charge in [-0.25, -0.2) is 0 Å². The molecule has 2 aromatic carbocycles. The van der Waals surface area contributed by atoms with Crippen molar-refractivity contribution >= 4 is 5.91 Å². The van der Waals surface area contributed by atoms with Crippen molar-refractivity contribution in [2.45, 2.75) is 13.1 Å². The lowest BCUT2D eigenvalue weighted by Crippen LogP contribution is -2.31. The Morgan fingerprint density at radius 2 is 1.83 bits per heavy atom. The SMILES string of the molecule is Cc1ccccc1OCCN(C)C(=O)c1cccc(C(F)(F)F)c1. The minimum absolute atomic E-state index is 0.00298. The van der Waals surface area contributed by atoms with E-state index in [1.54, 1.807) is 0 Å². The van der Waals surface area contributed by atoms with E-state index in [0.29, 0.717) is 0 Å². The number of amides is 1. The molecule has 0 aromatic heterocycles. The summed E-state index contributed by atoms with van der Waals surface area (Å²) in [5.74, 6) is 0.243. The number of ether oxygens (including phenoxy) is 1. The van der Waals surface area contributed by atoms with Crippen LogP contribution in [0.3, 0.4) is 0 Å². The minimum Gasteiger partial charge on any atom is -0.491 e. The van der Waals surface area contributed by atoms with E-state index in [1.165, 1.54) is 24.1 Å². The van der Waals surface area contributed by atoms with Crippen molar-refractivity contribution in [3.05, 3.63) is 65.2 Å². The van der Waals surface area contributed by atoms with Crippen molar-refractivity contribution in [3.63, 3.8) is 0 Å². The molecule has 0 atom stereocenters. The number of nitrogens with zero attached hydrogens (tertiary/aromatic N) is 1. The van der Waals surface area contributed by atoms with Gasteiger partial charge in [-0.2, -0.15) is 13.2 Å². The van der Waals surface area contributed by atoms with Crippen molar-refractivity contribution in [2.75, 3.05) is 20.2 Å². The third kappa shape index (κ3) is 4.50. The summed E-state index contributed by atoms with van der Waals surface area (Å²) in [5, 5.41) is 0. The second kappa shape index (κ2) is 7.38. The van der Waals surface area contributed by atoms with Crippen LogP contribution in [-0.2, 0) is 6.18 Å². The number of carbonyl (C=O) groups excluding carboxylic acids is 1. The van der Waals surface area contributed by atoms with Gasteiger partial charge in [-0.1, -0.05) is 24.3 Å². The molecule has 0 fully saturated rings. The number of likely N-dealkylation sites (N-methyl/N-ethyl adjacent to an activating group) is 1. The van der Waals surface area contributed by atoms with Gasteiger partial charge in [-0.05, 0) is 36.8 Å². The van der Waals surface area contributed by atoms with E-state index < -0.39 is 17.6 Å². The van der Waals surface area contributed by atoms with Gasteiger partial charge in [0.2, 0.25) is 0 Å². The zero-order valence-electron chi connectivity index (χ0n) is 13.4. The summed E-state index contributed by atoms with van der Waals surface area (Å²) >= 11 is 0. The summed E-state index contributed by atoms with van der Waals surface area (Å²) in [7, 11) is 1.53. The predicted octanol–water partition coefficient (Wildman–Crippen LogP) is 4.16. The molecule has 0 spiro atoms. The smallest absolute Gasteiger partial charge is 0.416 e. The van der Waals surface area contributed by atoms with E-state index in [9.17, 15) is 18.0 Å². The lowest BCUT2D eigenvalue weighted by molar-refractivity contribution is -0.137. The number of aryl methyl sites for hydroxylation is 1. The third-order valence-corrected chi connectivity index (χ3v) is 3.56. The average Bonchev–Trinajstić information content (AvgIpc) is 2.55. The highest BCUT2D eigenvalue weighted by molar-refractivity contribution is 5.94. The molecule has 6 heteroatoms. The van der Waals surface area contributed by atoms with Crippen molar-refractivity contribution in [2.24, 2.45) is 0 Å². The Bertz CT molecular complexity index is 713. The van der Waals surface area contributed by atoms with Crippen molar-refractivity contribution < 1.29 is 22.7 Å². The van der Waals surface area contributed by atoms with Crippen LogP contribution in [0.15, 0.2) is 48.5 Å². The fourth-order valence-corrected chi connectivity index (χ4v) is 2.16. The Hall–Kier alpha value is -2.50. The van der Waals surface area contributed by atoms with Crippen LogP contribution < -0.4 is 4.74 Å². The Morgan fingerprint density at radius 3 is 2.50 bits per heavy atom. The highest BCUT2D eigenvalue weighted by Crippen LogP contribution is 2.29. The number of halogens is 3. The van der Waals surface area contributed by atoms with Crippen LogP contribution >= 0.6 is 0 Å². The summed E-state index contributed by atoms with van der Waals surface area (Å²) in [5.41, 5.74) is 0.144. The molecular weight excluding hydrogens is 319 g/mol. The second-order valence-electron chi connectivity index (χ2n) is 5.42. The molecule has 1 amide bonds. The fourth-order valence-electron chi connectivity index (χ4n) is 2.16. The summed E-state index contributed by atoms with van der Waals surface area (Å²) in [6.45, 7) is 2.43. The highest BCUT2D eigenvalue weighted by atomic mass is 19.4. The Kier molecular flexibility index (Phi) is 5.49. The molecule has 0 bridgehead atoms. The summed E-state index contributed by atoms with van der Waals surface area (Å²) in [6.07, 6.45) is -4.47.